The smallest absolute Gasteiger partial charge is 0.852 e. The topological polar surface area (TPSA) is 46.1 Å². The quantitative estimate of drug-likeness (QED) is 0.398. The summed E-state index contributed by atoms with van der Waals surface area (Å²) in [5.74, 6) is 1.42. The molecular weight excluding hydrogens is 332 g/mol. The Morgan fingerprint density at radius 2 is 1.42 bits per heavy atom. The minimum Gasteiger partial charge on any atom is -0.852 e. The van der Waals surface area contributed by atoms with Gasteiger partial charge in [0.15, 0.2) is 0 Å². The molecule has 0 spiro atoms. The van der Waals surface area contributed by atoms with E-state index in [1.165, 1.54) is 5.92 Å². The van der Waals surface area contributed by atoms with Crippen LogP contribution in [0.15, 0.2) is 43.5 Å². The van der Waals surface area contributed by atoms with E-state index in [1.807, 2.05) is 12.2 Å². The molecule has 0 saturated heterocycles. The van der Waals surface area contributed by atoms with E-state index in [0.717, 1.165) is 32.1 Å². The Balaban J connectivity index is -0.000000112. The van der Waals surface area contributed by atoms with Gasteiger partial charge in [-0.25, -0.2) is 12.2 Å². The first-order chi connectivity index (χ1) is 10.8. The molecular formula is C21H36O2Ti. The van der Waals surface area contributed by atoms with Gasteiger partial charge in [0.25, 0.3) is 0 Å². The third kappa shape index (κ3) is 57.7. The maximum Gasteiger partial charge on any atom is 4.00 e. The van der Waals surface area contributed by atoms with Crippen LogP contribution in [-0.4, -0.2) is 12.2 Å². The Morgan fingerprint density at radius 1 is 1.04 bits per heavy atom. The molecule has 0 saturated carbocycles. The average Bonchev–Trinajstić information content (AvgIpc) is 3.02. The predicted octanol–water partition coefficient (Wildman–Crippen LogP) is 4.33. The van der Waals surface area contributed by atoms with Gasteiger partial charge >= 0.3 is 21.7 Å². The molecule has 0 fully saturated rings. The van der Waals surface area contributed by atoms with Gasteiger partial charge < -0.3 is 16.1 Å². The molecule has 0 bridgehead atoms. The van der Waals surface area contributed by atoms with Crippen molar-refractivity contribution in [3.63, 3.8) is 0 Å². The standard InChI is InChI=1S/2C6H11O.C5H5.C4H9.Ti/c2*1-3-4-5-6(2)7;1-2-4-5-3-1;1-4(2)3;/h2*3,6H,1,4-5H2,2H3;1-3H,4H2;1-3H3;/q4*-1;+4. The predicted molar refractivity (Wildman–Crippen MR) is 99.6 cm³/mol. The van der Waals surface area contributed by atoms with Crippen molar-refractivity contribution in [2.45, 2.75) is 78.9 Å². The Kier molecular flexibility index (Phi) is 35.9. The first-order valence-corrected chi connectivity index (χ1v) is 8.29. The summed E-state index contributed by atoms with van der Waals surface area (Å²) in [6.45, 7) is 16.6. The van der Waals surface area contributed by atoms with Crippen LogP contribution in [0.1, 0.15) is 66.7 Å². The second kappa shape index (κ2) is 27.4. The molecule has 24 heavy (non-hydrogen) atoms. The van der Waals surface area contributed by atoms with Crippen LogP contribution in [-0.2, 0) is 21.7 Å². The van der Waals surface area contributed by atoms with Crippen LogP contribution >= 0.6 is 0 Å². The molecule has 0 amide bonds. The summed E-state index contributed by atoms with van der Waals surface area (Å²) in [5, 5.41) is 20.5. The number of hydrogen-bond acceptors (Lipinski definition) is 2. The monoisotopic (exact) mass is 368 g/mol. The minimum atomic E-state index is -0.419. The summed E-state index contributed by atoms with van der Waals surface area (Å²) in [6.07, 6.45) is 15.9. The molecule has 0 aliphatic heterocycles. The maximum absolute atomic E-state index is 10.2. The van der Waals surface area contributed by atoms with E-state index in [0.29, 0.717) is 0 Å². The van der Waals surface area contributed by atoms with Crippen LogP contribution in [0.25, 0.3) is 0 Å². The van der Waals surface area contributed by atoms with Gasteiger partial charge in [-0.1, -0.05) is 38.8 Å². The second-order valence-corrected chi connectivity index (χ2v) is 5.86. The van der Waals surface area contributed by atoms with Crippen molar-refractivity contribution in [1.82, 2.24) is 0 Å². The first kappa shape index (κ1) is 31.4. The SMILES string of the molecule is C=CCCC(C)[O-].C=CCCC(C)[O-].C[C-](C)C.[C-]1=CC=CC1.[Ti+4]. The van der Waals surface area contributed by atoms with Crippen LogP contribution in [0.5, 0.6) is 0 Å². The molecule has 0 aromatic heterocycles. The fourth-order valence-corrected chi connectivity index (χ4v) is 1.05. The van der Waals surface area contributed by atoms with Crippen LogP contribution in [0.2, 0.25) is 0 Å². The van der Waals surface area contributed by atoms with Gasteiger partial charge in [-0.05, 0) is 12.8 Å². The molecule has 136 valence electrons. The van der Waals surface area contributed by atoms with Gasteiger partial charge in [-0.3, -0.25) is 6.08 Å². The van der Waals surface area contributed by atoms with E-state index < -0.39 is 12.2 Å². The van der Waals surface area contributed by atoms with Gasteiger partial charge in [0.1, 0.15) is 0 Å². The van der Waals surface area contributed by atoms with Crippen molar-refractivity contribution in [1.29, 1.82) is 0 Å². The van der Waals surface area contributed by atoms with Gasteiger partial charge in [0.05, 0.1) is 0 Å². The van der Waals surface area contributed by atoms with Crippen molar-refractivity contribution >= 4 is 0 Å². The maximum atomic E-state index is 10.2. The molecule has 0 radical (unpaired) electrons. The van der Waals surface area contributed by atoms with Crippen LogP contribution in [0, 0.1) is 12.0 Å². The minimum absolute atomic E-state index is 0. The summed E-state index contributed by atoms with van der Waals surface area (Å²) in [6, 6.07) is 0. The molecule has 0 N–H and O–H groups in total. The molecule has 1 aliphatic rings. The zero-order valence-electron chi connectivity index (χ0n) is 16.3. The van der Waals surface area contributed by atoms with E-state index in [2.05, 4.69) is 46.1 Å². The summed E-state index contributed by atoms with van der Waals surface area (Å²) < 4.78 is 0. The van der Waals surface area contributed by atoms with Crippen LogP contribution in [0.4, 0.5) is 0 Å². The molecule has 1 rings (SSSR count). The largest absolute Gasteiger partial charge is 4.00 e. The Labute approximate surface area is 166 Å². The first-order valence-electron chi connectivity index (χ1n) is 8.29. The molecule has 2 atom stereocenters. The van der Waals surface area contributed by atoms with Gasteiger partial charge in [0.2, 0.25) is 0 Å². The summed E-state index contributed by atoms with van der Waals surface area (Å²) in [7, 11) is 0. The Bertz CT molecular complexity index is 263. The summed E-state index contributed by atoms with van der Waals surface area (Å²) >= 11 is 0. The fraction of sp³-hybridized carbons (Fsp3) is 0.571. The van der Waals surface area contributed by atoms with E-state index >= 15 is 0 Å². The fourth-order valence-electron chi connectivity index (χ4n) is 1.05. The van der Waals surface area contributed by atoms with Crippen molar-refractivity contribution in [2.75, 3.05) is 0 Å². The average molecular weight is 368 g/mol. The van der Waals surface area contributed by atoms with Crippen molar-refractivity contribution in [2.24, 2.45) is 0 Å². The second-order valence-electron chi connectivity index (χ2n) is 5.86. The van der Waals surface area contributed by atoms with Crippen LogP contribution < -0.4 is 10.2 Å². The molecule has 1 aliphatic carbocycles. The zero-order chi connectivity index (χ0) is 18.5. The molecule has 0 aromatic rings. The molecule has 3 heteroatoms. The molecule has 2 nitrogen and oxygen atoms in total. The number of rotatable bonds is 6. The van der Waals surface area contributed by atoms with Crippen molar-refractivity contribution in [3.05, 3.63) is 55.5 Å². The third-order valence-electron chi connectivity index (χ3n) is 2.14. The number of hydrogen-bond donors (Lipinski definition) is 0. The van der Waals surface area contributed by atoms with Crippen LogP contribution in [0.3, 0.4) is 0 Å². The normalized spacial score (nSPS) is 13.0. The van der Waals surface area contributed by atoms with Crippen molar-refractivity contribution in [3.8, 4) is 0 Å². The number of allylic oxidation sites excluding steroid dienone is 6. The molecule has 2 unspecified atom stereocenters. The zero-order valence-corrected chi connectivity index (χ0v) is 17.9. The Hall–Kier alpha value is -0.406. The molecule has 0 heterocycles. The summed E-state index contributed by atoms with van der Waals surface area (Å²) in [5.41, 5.74) is 0. The van der Waals surface area contributed by atoms with E-state index in [4.69, 9.17) is 0 Å². The summed E-state index contributed by atoms with van der Waals surface area (Å²) in [4.78, 5) is 0. The third-order valence-corrected chi connectivity index (χ3v) is 2.14. The Morgan fingerprint density at radius 3 is 1.50 bits per heavy atom. The van der Waals surface area contributed by atoms with Crippen molar-refractivity contribution < 1.29 is 31.9 Å². The van der Waals surface area contributed by atoms with Gasteiger partial charge in [-0.15, -0.1) is 31.8 Å². The molecule has 0 aromatic carbocycles. The van der Waals surface area contributed by atoms with Gasteiger partial charge in [0, 0.05) is 0 Å². The van der Waals surface area contributed by atoms with E-state index in [9.17, 15) is 10.2 Å². The van der Waals surface area contributed by atoms with E-state index in [-0.39, 0.29) is 21.7 Å². The van der Waals surface area contributed by atoms with E-state index in [1.54, 1.807) is 26.0 Å². The van der Waals surface area contributed by atoms with Gasteiger partial charge in [-0.2, -0.15) is 26.8 Å².